The number of hydrogen-bond donors (Lipinski definition) is 0. The molecule has 0 bridgehead atoms. The van der Waals surface area contributed by atoms with Gasteiger partial charge < -0.3 is 0 Å². The van der Waals surface area contributed by atoms with Crippen LogP contribution in [0.3, 0.4) is 0 Å². The van der Waals surface area contributed by atoms with Crippen molar-refractivity contribution in [3.8, 4) is 0 Å². The Morgan fingerprint density at radius 3 is 2.29 bits per heavy atom. The van der Waals surface area contributed by atoms with Gasteiger partial charge in [-0.2, -0.15) is 0 Å². The largest absolute Gasteiger partial charge is 0.103 e. The van der Waals surface area contributed by atoms with Gasteiger partial charge in [0.2, 0.25) is 0 Å². The summed E-state index contributed by atoms with van der Waals surface area (Å²) in [5.74, 6) is 0. The molecule has 0 spiro atoms. The third-order valence-corrected chi connectivity index (χ3v) is 8.05. The Hall–Kier alpha value is -1.08. The van der Waals surface area contributed by atoms with Crippen LogP contribution < -0.4 is 5.19 Å². The lowest BCUT2D eigenvalue weighted by Gasteiger charge is -2.21. The fraction of sp³-hybridized carbons (Fsp3) is 0.500. The maximum atomic E-state index is 2.53. The van der Waals surface area contributed by atoms with Crippen LogP contribution in [0, 0.1) is 13.8 Å². The van der Waals surface area contributed by atoms with Crippen molar-refractivity contribution in [3.05, 3.63) is 52.2 Å². The fourth-order valence-corrected chi connectivity index (χ4v) is 7.42. The second-order valence-electron chi connectivity index (χ2n) is 6.45. The molecular formula is C20H30Si. The van der Waals surface area contributed by atoms with Crippen molar-refractivity contribution >= 4 is 14.0 Å². The Kier molecular flexibility index (Phi) is 6.04. The monoisotopic (exact) mass is 298 g/mol. The van der Waals surface area contributed by atoms with Gasteiger partial charge in [-0.1, -0.05) is 96.6 Å². The molecule has 1 aliphatic carbocycles. The molecule has 1 aromatic carbocycles. The summed E-state index contributed by atoms with van der Waals surface area (Å²) in [6.45, 7) is 9.10. The highest BCUT2D eigenvalue weighted by atomic mass is 28.3. The molecule has 21 heavy (non-hydrogen) atoms. The highest BCUT2D eigenvalue weighted by Gasteiger charge is 2.22. The Balaban J connectivity index is 2.29. The molecule has 0 nitrogen and oxygen atoms in total. The minimum atomic E-state index is -1.01. The van der Waals surface area contributed by atoms with E-state index >= 15 is 0 Å². The number of hydrogen-bond acceptors (Lipinski definition) is 0. The van der Waals surface area contributed by atoms with E-state index in [1.54, 1.807) is 16.0 Å². The third-order valence-electron chi connectivity index (χ3n) is 4.57. The Morgan fingerprint density at radius 1 is 0.952 bits per heavy atom. The van der Waals surface area contributed by atoms with Crippen molar-refractivity contribution in [2.24, 2.45) is 0 Å². The molecule has 0 aliphatic heterocycles. The second-order valence-corrected chi connectivity index (χ2v) is 9.42. The SMILES string of the molecule is CCCCC[SiH](C1=CCC=C1CC)c1cc(C)cc(C)c1. The highest BCUT2D eigenvalue weighted by molar-refractivity contribution is 6.80. The normalized spacial score (nSPS) is 15.8. The molecule has 0 saturated heterocycles. The zero-order valence-corrected chi connectivity index (χ0v) is 15.4. The summed E-state index contributed by atoms with van der Waals surface area (Å²) < 4.78 is 0. The van der Waals surface area contributed by atoms with Crippen LogP contribution in [0.1, 0.15) is 57.1 Å². The van der Waals surface area contributed by atoms with E-state index in [4.69, 9.17) is 0 Å². The van der Waals surface area contributed by atoms with Gasteiger partial charge in [0.05, 0.1) is 0 Å². The number of benzene rings is 1. The van der Waals surface area contributed by atoms with Crippen LogP contribution in [0.15, 0.2) is 41.1 Å². The van der Waals surface area contributed by atoms with Gasteiger partial charge in [-0.15, -0.1) is 0 Å². The lowest BCUT2D eigenvalue weighted by atomic mass is 10.2. The van der Waals surface area contributed by atoms with Gasteiger partial charge in [0.25, 0.3) is 0 Å². The van der Waals surface area contributed by atoms with Crippen LogP contribution >= 0.6 is 0 Å². The lowest BCUT2D eigenvalue weighted by Crippen LogP contribution is -2.33. The topological polar surface area (TPSA) is 0 Å². The molecule has 1 aromatic rings. The van der Waals surface area contributed by atoms with Crippen LogP contribution in [-0.2, 0) is 0 Å². The van der Waals surface area contributed by atoms with Crippen LogP contribution in [0.4, 0.5) is 0 Å². The van der Waals surface area contributed by atoms with E-state index in [0.717, 1.165) is 0 Å². The first kappa shape index (κ1) is 16.3. The molecule has 114 valence electrons. The van der Waals surface area contributed by atoms with E-state index in [-0.39, 0.29) is 0 Å². The molecule has 1 unspecified atom stereocenters. The minimum absolute atomic E-state index is 1.01. The second kappa shape index (κ2) is 7.79. The van der Waals surface area contributed by atoms with Crippen molar-refractivity contribution < 1.29 is 0 Å². The van der Waals surface area contributed by atoms with E-state index in [1.807, 2.05) is 0 Å². The van der Waals surface area contributed by atoms with E-state index in [0.29, 0.717) is 0 Å². The molecule has 0 heterocycles. The van der Waals surface area contributed by atoms with Gasteiger partial charge in [0.15, 0.2) is 0 Å². The van der Waals surface area contributed by atoms with Crippen molar-refractivity contribution in [2.45, 2.75) is 65.8 Å². The molecule has 1 heteroatoms. The van der Waals surface area contributed by atoms with Gasteiger partial charge >= 0.3 is 0 Å². The summed E-state index contributed by atoms with van der Waals surface area (Å²) in [4.78, 5) is 0. The number of unbranched alkanes of at least 4 members (excludes halogenated alkanes) is 2. The first-order valence-corrected chi connectivity index (χ1v) is 10.6. The Morgan fingerprint density at radius 2 is 1.67 bits per heavy atom. The lowest BCUT2D eigenvalue weighted by molar-refractivity contribution is 0.767. The van der Waals surface area contributed by atoms with Crippen molar-refractivity contribution in [1.82, 2.24) is 0 Å². The standard InChI is InChI=1S/C20H30Si/c1-5-7-8-12-21(20-11-9-10-18(20)6-2)19-14-16(3)13-17(4)15-19/h10-11,13-15,21H,5-9,12H2,1-4H3. The molecule has 0 aromatic heterocycles. The zero-order valence-electron chi connectivity index (χ0n) is 14.2. The van der Waals surface area contributed by atoms with Crippen LogP contribution in [0.5, 0.6) is 0 Å². The molecular weight excluding hydrogens is 268 g/mol. The van der Waals surface area contributed by atoms with Crippen molar-refractivity contribution in [3.63, 3.8) is 0 Å². The Labute approximate surface area is 132 Å². The number of aryl methyl sites for hydroxylation is 2. The van der Waals surface area contributed by atoms with Gasteiger partial charge in [0.1, 0.15) is 8.80 Å². The maximum Gasteiger partial charge on any atom is 0.103 e. The average Bonchev–Trinajstić information content (AvgIpc) is 2.90. The molecule has 1 atom stereocenters. The molecule has 0 saturated carbocycles. The number of allylic oxidation sites excluding steroid dienone is 4. The van der Waals surface area contributed by atoms with Crippen LogP contribution in [-0.4, -0.2) is 8.80 Å². The van der Waals surface area contributed by atoms with E-state index in [2.05, 4.69) is 58.0 Å². The first-order valence-electron chi connectivity index (χ1n) is 8.63. The summed E-state index contributed by atoms with van der Waals surface area (Å²) >= 11 is 0. The van der Waals surface area contributed by atoms with Crippen LogP contribution in [0.2, 0.25) is 6.04 Å². The van der Waals surface area contributed by atoms with Crippen molar-refractivity contribution in [1.29, 1.82) is 0 Å². The molecule has 2 rings (SSSR count). The third kappa shape index (κ3) is 4.20. The Bertz CT molecular complexity index is 517. The number of rotatable bonds is 7. The molecule has 0 radical (unpaired) electrons. The van der Waals surface area contributed by atoms with E-state index in [9.17, 15) is 0 Å². The predicted octanol–water partition coefficient (Wildman–Crippen LogP) is 5.13. The maximum absolute atomic E-state index is 2.53. The highest BCUT2D eigenvalue weighted by Crippen LogP contribution is 2.27. The summed E-state index contributed by atoms with van der Waals surface area (Å²) in [5.41, 5.74) is 4.50. The summed E-state index contributed by atoms with van der Waals surface area (Å²) in [7, 11) is -1.01. The summed E-state index contributed by atoms with van der Waals surface area (Å²) in [6.07, 6.45) is 11.5. The fourth-order valence-electron chi connectivity index (χ4n) is 3.60. The summed E-state index contributed by atoms with van der Waals surface area (Å²) in [6, 6.07) is 8.66. The predicted molar refractivity (Wildman–Crippen MR) is 98.1 cm³/mol. The van der Waals surface area contributed by atoms with Gasteiger partial charge in [-0.3, -0.25) is 0 Å². The van der Waals surface area contributed by atoms with E-state index in [1.165, 1.54) is 49.3 Å². The zero-order chi connectivity index (χ0) is 15.2. The van der Waals surface area contributed by atoms with Gasteiger partial charge in [0, 0.05) is 0 Å². The molecule has 1 aliphatic rings. The van der Waals surface area contributed by atoms with Gasteiger partial charge in [-0.05, 0) is 26.7 Å². The molecule has 0 amide bonds. The minimum Gasteiger partial charge on any atom is -0.0811 e. The van der Waals surface area contributed by atoms with Crippen molar-refractivity contribution in [2.75, 3.05) is 0 Å². The smallest absolute Gasteiger partial charge is 0.0811 e. The quantitative estimate of drug-likeness (QED) is 0.483. The average molecular weight is 299 g/mol. The van der Waals surface area contributed by atoms with Gasteiger partial charge in [-0.25, -0.2) is 0 Å². The van der Waals surface area contributed by atoms with Crippen LogP contribution in [0.25, 0.3) is 0 Å². The van der Waals surface area contributed by atoms with E-state index < -0.39 is 8.80 Å². The summed E-state index contributed by atoms with van der Waals surface area (Å²) in [5, 5.41) is 3.41. The first-order chi connectivity index (χ1) is 10.2. The molecule has 0 fully saturated rings. The molecule has 0 N–H and O–H groups in total.